The SMILES string of the molecule is Cc1ncccc1CC(=O)N1C[C@@H]2CCC[C@]2(c2nnc(C3CC3)o2)C1. The molecule has 2 aliphatic carbocycles. The van der Waals surface area contributed by atoms with Crippen molar-refractivity contribution in [3.8, 4) is 0 Å². The average Bonchev–Trinajstić information content (AvgIpc) is 3.06. The number of nitrogens with zero attached hydrogens (tertiary/aromatic N) is 4. The number of aromatic nitrogens is 3. The van der Waals surface area contributed by atoms with Crippen LogP contribution in [0.15, 0.2) is 22.7 Å². The highest BCUT2D eigenvalue weighted by atomic mass is 16.4. The van der Waals surface area contributed by atoms with Crippen molar-refractivity contribution in [3.63, 3.8) is 0 Å². The third kappa shape index (κ3) is 2.54. The van der Waals surface area contributed by atoms with E-state index in [0.29, 0.717) is 24.8 Å². The Morgan fingerprint density at radius 1 is 1.35 bits per heavy atom. The third-order valence-corrected chi connectivity index (χ3v) is 6.47. The molecular weight excluding hydrogens is 328 g/mol. The summed E-state index contributed by atoms with van der Waals surface area (Å²) < 4.78 is 6.09. The highest BCUT2D eigenvalue weighted by Gasteiger charge is 2.55. The van der Waals surface area contributed by atoms with Gasteiger partial charge < -0.3 is 9.32 Å². The van der Waals surface area contributed by atoms with Crippen LogP contribution in [0.1, 0.15) is 61.1 Å². The second-order valence-corrected chi connectivity index (χ2v) is 8.16. The van der Waals surface area contributed by atoms with Gasteiger partial charge in [-0.1, -0.05) is 12.5 Å². The van der Waals surface area contributed by atoms with Gasteiger partial charge in [-0.3, -0.25) is 9.78 Å². The molecule has 2 saturated carbocycles. The minimum atomic E-state index is -0.125. The Balaban J connectivity index is 1.36. The van der Waals surface area contributed by atoms with Crippen molar-refractivity contribution in [2.75, 3.05) is 13.1 Å². The van der Waals surface area contributed by atoms with Gasteiger partial charge in [0.1, 0.15) is 0 Å². The zero-order chi connectivity index (χ0) is 17.7. The van der Waals surface area contributed by atoms with Gasteiger partial charge in [-0.25, -0.2) is 0 Å². The average molecular weight is 352 g/mol. The summed E-state index contributed by atoms with van der Waals surface area (Å²) in [7, 11) is 0. The normalized spacial score (nSPS) is 27.7. The van der Waals surface area contributed by atoms with Gasteiger partial charge in [0.05, 0.1) is 11.8 Å². The van der Waals surface area contributed by atoms with Gasteiger partial charge in [-0.05, 0) is 50.2 Å². The Hall–Kier alpha value is -2.24. The molecule has 3 fully saturated rings. The van der Waals surface area contributed by atoms with Crippen molar-refractivity contribution in [3.05, 3.63) is 41.4 Å². The molecule has 0 spiro atoms. The van der Waals surface area contributed by atoms with Crippen molar-refractivity contribution < 1.29 is 9.21 Å². The first-order valence-corrected chi connectivity index (χ1v) is 9.68. The molecule has 0 bridgehead atoms. The van der Waals surface area contributed by atoms with Gasteiger partial charge in [0.25, 0.3) is 0 Å². The lowest BCUT2D eigenvalue weighted by Gasteiger charge is -2.24. The van der Waals surface area contributed by atoms with Gasteiger partial charge in [0, 0.05) is 30.9 Å². The van der Waals surface area contributed by atoms with E-state index in [9.17, 15) is 4.79 Å². The smallest absolute Gasteiger partial charge is 0.227 e. The monoisotopic (exact) mass is 352 g/mol. The maximum atomic E-state index is 12.9. The van der Waals surface area contributed by atoms with E-state index in [1.807, 2.05) is 24.0 Å². The van der Waals surface area contributed by atoms with Gasteiger partial charge in [-0.15, -0.1) is 10.2 Å². The van der Waals surface area contributed by atoms with Crippen LogP contribution in [0.3, 0.4) is 0 Å². The van der Waals surface area contributed by atoms with Crippen molar-refractivity contribution >= 4 is 5.91 Å². The fourth-order valence-electron chi connectivity index (χ4n) is 4.74. The van der Waals surface area contributed by atoms with Gasteiger partial charge in [-0.2, -0.15) is 0 Å². The van der Waals surface area contributed by atoms with Crippen molar-refractivity contribution in [1.29, 1.82) is 0 Å². The number of aryl methyl sites for hydroxylation is 1. The molecule has 26 heavy (non-hydrogen) atoms. The summed E-state index contributed by atoms with van der Waals surface area (Å²) >= 11 is 0. The molecule has 2 aromatic rings. The van der Waals surface area contributed by atoms with Crippen LogP contribution >= 0.6 is 0 Å². The second-order valence-electron chi connectivity index (χ2n) is 8.16. The molecule has 3 heterocycles. The van der Waals surface area contributed by atoms with Crippen LogP contribution in [0.4, 0.5) is 0 Å². The number of carbonyl (C=O) groups is 1. The molecule has 1 amide bonds. The van der Waals surface area contributed by atoms with Crippen LogP contribution in [0.2, 0.25) is 0 Å². The van der Waals surface area contributed by atoms with Crippen LogP contribution < -0.4 is 0 Å². The molecule has 136 valence electrons. The number of likely N-dealkylation sites (tertiary alicyclic amines) is 1. The summed E-state index contributed by atoms with van der Waals surface area (Å²) in [5.41, 5.74) is 1.82. The maximum absolute atomic E-state index is 12.9. The highest BCUT2D eigenvalue weighted by Crippen LogP contribution is 2.51. The van der Waals surface area contributed by atoms with Crippen molar-refractivity contribution in [2.45, 2.75) is 56.8 Å². The third-order valence-electron chi connectivity index (χ3n) is 6.47. The van der Waals surface area contributed by atoms with Crippen molar-refractivity contribution in [1.82, 2.24) is 20.1 Å². The summed E-state index contributed by atoms with van der Waals surface area (Å²) in [5.74, 6) is 2.66. The number of hydrogen-bond donors (Lipinski definition) is 0. The lowest BCUT2D eigenvalue weighted by molar-refractivity contribution is -0.129. The van der Waals surface area contributed by atoms with Crippen LogP contribution in [-0.4, -0.2) is 39.1 Å². The van der Waals surface area contributed by atoms with Crippen LogP contribution in [0, 0.1) is 12.8 Å². The fraction of sp³-hybridized carbons (Fsp3) is 0.600. The predicted molar refractivity (Wildman–Crippen MR) is 94.6 cm³/mol. The summed E-state index contributed by atoms with van der Waals surface area (Å²) in [6.45, 7) is 3.47. The maximum Gasteiger partial charge on any atom is 0.227 e. The summed E-state index contributed by atoms with van der Waals surface area (Å²) in [6.07, 6.45) is 7.86. The Labute approximate surface area is 153 Å². The summed E-state index contributed by atoms with van der Waals surface area (Å²) in [4.78, 5) is 19.2. The van der Waals surface area contributed by atoms with E-state index in [1.165, 1.54) is 6.42 Å². The fourth-order valence-corrected chi connectivity index (χ4v) is 4.74. The molecule has 2 atom stereocenters. The first-order valence-electron chi connectivity index (χ1n) is 9.68. The first kappa shape index (κ1) is 16.0. The van der Waals surface area contributed by atoms with Crippen LogP contribution in [0.5, 0.6) is 0 Å². The number of pyridine rings is 1. The molecule has 1 aliphatic heterocycles. The molecule has 2 aromatic heterocycles. The second kappa shape index (κ2) is 5.89. The van der Waals surface area contributed by atoms with E-state index in [4.69, 9.17) is 4.42 Å². The number of fused-ring (bicyclic) bond motifs is 1. The predicted octanol–water partition coefficient (Wildman–Crippen LogP) is 2.77. The minimum Gasteiger partial charge on any atom is -0.424 e. The zero-order valence-corrected chi connectivity index (χ0v) is 15.1. The molecule has 0 radical (unpaired) electrons. The first-order chi connectivity index (χ1) is 12.7. The van der Waals surface area contributed by atoms with Gasteiger partial charge in [0.2, 0.25) is 17.7 Å². The number of amides is 1. The van der Waals surface area contributed by atoms with Crippen molar-refractivity contribution in [2.24, 2.45) is 5.92 Å². The van der Waals surface area contributed by atoms with Crippen LogP contribution in [-0.2, 0) is 16.6 Å². The molecule has 3 aliphatic rings. The summed E-state index contributed by atoms with van der Waals surface area (Å²) in [5, 5.41) is 8.72. The number of carbonyl (C=O) groups excluding carboxylic acids is 1. The van der Waals surface area contributed by atoms with E-state index in [1.54, 1.807) is 6.20 Å². The number of rotatable bonds is 4. The Morgan fingerprint density at radius 3 is 3.04 bits per heavy atom. The molecule has 0 N–H and O–H groups in total. The molecule has 0 unspecified atom stereocenters. The Bertz CT molecular complexity index is 844. The Morgan fingerprint density at radius 2 is 2.23 bits per heavy atom. The molecular formula is C20H24N4O2. The molecule has 5 rings (SSSR count). The highest BCUT2D eigenvalue weighted by molar-refractivity contribution is 5.79. The largest absolute Gasteiger partial charge is 0.424 e. The molecule has 6 nitrogen and oxygen atoms in total. The lowest BCUT2D eigenvalue weighted by atomic mass is 9.80. The molecule has 1 saturated heterocycles. The van der Waals surface area contributed by atoms with Gasteiger partial charge in [0.15, 0.2) is 0 Å². The summed E-state index contributed by atoms with van der Waals surface area (Å²) in [6, 6.07) is 3.89. The Kier molecular flexibility index (Phi) is 3.62. The topological polar surface area (TPSA) is 72.1 Å². The quantitative estimate of drug-likeness (QED) is 0.846. The van der Waals surface area contributed by atoms with E-state index in [2.05, 4.69) is 15.2 Å². The molecule has 0 aromatic carbocycles. The van der Waals surface area contributed by atoms with E-state index < -0.39 is 0 Å². The van der Waals surface area contributed by atoms with E-state index >= 15 is 0 Å². The number of hydrogen-bond acceptors (Lipinski definition) is 5. The van der Waals surface area contributed by atoms with E-state index in [-0.39, 0.29) is 11.3 Å². The standard InChI is InChI=1S/C20H24N4O2/c1-13-15(4-3-9-21-13)10-17(25)24-11-16-5-2-8-20(16,12-24)19-23-22-18(26-19)14-6-7-14/h3-4,9,14,16H,2,5-8,10-12H2,1H3/t16-,20-/m0/s1. The molecule has 6 heteroatoms. The minimum absolute atomic E-state index is 0.125. The lowest BCUT2D eigenvalue weighted by Crippen LogP contribution is -2.35. The van der Waals surface area contributed by atoms with Crippen LogP contribution in [0.25, 0.3) is 0 Å². The zero-order valence-electron chi connectivity index (χ0n) is 15.1. The van der Waals surface area contributed by atoms with Gasteiger partial charge >= 0.3 is 0 Å². The van der Waals surface area contributed by atoms with E-state index in [0.717, 1.165) is 55.3 Å².